The summed E-state index contributed by atoms with van der Waals surface area (Å²) < 4.78 is 0. The van der Waals surface area contributed by atoms with Gasteiger partial charge in [-0.3, -0.25) is 0 Å². The molecule has 0 aliphatic rings. The molecular formula is C20H18Cl2O3. The lowest BCUT2D eigenvalue weighted by atomic mass is 9.92. The topological polar surface area (TPSA) is 60.7 Å². The Morgan fingerprint density at radius 3 is 2.24 bits per heavy atom. The fourth-order valence-electron chi connectivity index (χ4n) is 3.03. The highest BCUT2D eigenvalue weighted by atomic mass is 35.5. The summed E-state index contributed by atoms with van der Waals surface area (Å²) >= 11 is 12.8. The molecule has 5 heteroatoms. The van der Waals surface area contributed by atoms with Crippen molar-refractivity contribution >= 4 is 34.0 Å². The number of hydrogen-bond acceptors (Lipinski definition) is 3. The summed E-state index contributed by atoms with van der Waals surface area (Å²) in [6.07, 6.45) is -0.488. The minimum atomic E-state index is -0.824. The molecule has 130 valence electrons. The zero-order chi connectivity index (χ0) is 18.0. The van der Waals surface area contributed by atoms with E-state index in [1.807, 2.05) is 30.3 Å². The average molecular weight is 377 g/mol. The van der Waals surface area contributed by atoms with E-state index in [-0.39, 0.29) is 13.2 Å². The zero-order valence-corrected chi connectivity index (χ0v) is 14.9. The van der Waals surface area contributed by atoms with Gasteiger partial charge in [0.2, 0.25) is 0 Å². The van der Waals surface area contributed by atoms with Crippen LogP contribution in [0.3, 0.4) is 0 Å². The summed E-state index contributed by atoms with van der Waals surface area (Å²) in [5.41, 5.74) is 3.29. The Bertz CT molecular complexity index is 889. The summed E-state index contributed by atoms with van der Waals surface area (Å²) in [4.78, 5) is 0. The zero-order valence-electron chi connectivity index (χ0n) is 13.4. The molecule has 0 aliphatic heterocycles. The Morgan fingerprint density at radius 1 is 0.880 bits per heavy atom. The Hall–Kier alpha value is -1.62. The van der Waals surface area contributed by atoms with Crippen LogP contribution in [0, 0.1) is 0 Å². The van der Waals surface area contributed by atoms with Gasteiger partial charge < -0.3 is 15.3 Å². The minimum absolute atomic E-state index is 0.0743. The number of hydrogen-bond donors (Lipinski definition) is 3. The molecule has 0 fully saturated rings. The van der Waals surface area contributed by atoms with Gasteiger partial charge in [0, 0.05) is 22.0 Å². The van der Waals surface area contributed by atoms with Crippen LogP contribution in [-0.2, 0) is 13.0 Å². The monoisotopic (exact) mass is 376 g/mol. The third-order valence-corrected chi connectivity index (χ3v) is 4.88. The molecule has 0 radical (unpaired) electrons. The molecule has 0 spiro atoms. The van der Waals surface area contributed by atoms with Crippen molar-refractivity contribution in [3.05, 3.63) is 69.7 Å². The lowest BCUT2D eigenvalue weighted by molar-refractivity contribution is 0.0957. The van der Waals surface area contributed by atoms with Crippen LogP contribution in [0.4, 0.5) is 0 Å². The standard InChI is InChI=1S/C20H18Cl2O3/c21-18-2-1-3-19(22)20(18)16-7-5-13(9-14(25)11-24)15-6-4-12(10-23)8-17(15)16/h1-8,14,23-25H,9-11H2. The number of rotatable bonds is 5. The summed E-state index contributed by atoms with van der Waals surface area (Å²) in [6, 6.07) is 14.8. The fourth-order valence-corrected chi connectivity index (χ4v) is 3.63. The van der Waals surface area contributed by atoms with Crippen molar-refractivity contribution in [2.24, 2.45) is 0 Å². The van der Waals surface area contributed by atoms with Crippen molar-refractivity contribution in [1.82, 2.24) is 0 Å². The molecule has 3 nitrogen and oxygen atoms in total. The predicted octanol–water partition coefficient (Wildman–Crippen LogP) is 4.20. The lowest BCUT2D eigenvalue weighted by Crippen LogP contribution is -2.15. The van der Waals surface area contributed by atoms with E-state index in [2.05, 4.69) is 0 Å². The molecule has 0 saturated heterocycles. The van der Waals surface area contributed by atoms with E-state index in [9.17, 15) is 10.2 Å². The van der Waals surface area contributed by atoms with Crippen molar-refractivity contribution in [3.8, 4) is 11.1 Å². The Labute approximate surface area is 156 Å². The maximum Gasteiger partial charge on any atom is 0.0811 e. The predicted molar refractivity (Wildman–Crippen MR) is 102 cm³/mol. The number of aliphatic hydroxyl groups is 3. The van der Waals surface area contributed by atoms with E-state index in [4.69, 9.17) is 28.3 Å². The molecule has 0 saturated carbocycles. The highest BCUT2D eigenvalue weighted by molar-refractivity contribution is 6.39. The molecule has 0 heterocycles. The molecular weight excluding hydrogens is 359 g/mol. The average Bonchev–Trinajstić information content (AvgIpc) is 2.62. The normalized spacial score (nSPS) is 12.5. The van der Waals surface area contributed by atoms with E-state index in [1.165, 1.54) is 0 Å². The van der Waals surface area contributed by atoms with Gasteiger partial charge in [-0.15, -0.1) is 0 Å². The van der Waals surface area contributed by atoms with Crippen LogP contribution < -0.4 is 0 Å². The number of halogens is 2. The first kappa shape index (κ1) is 18.2. The maximum absolute atomic E-state index is 9.81. The van der Waals surface area contributed by atoms with Crippen LogP contribution in [0.1, 0.15) is 11.1 Å². The minimum Gasteiger partial charge on any atom is -0.394 e. The van der Waals surface area contributed by atoms with Crippen LogP contribution in [0.2, 0.25) is 10.0 Å². The van der Waals surface area contributed by atoms with Gasteiger partial charge in [-0.2, -0.15) is 0 Å². The summed E-state index contributed by atoms with van der Waals surface area (Å²) in [7, 11) is 0. The quantitative estimate of drug-likeness (QED) is 0.625. The van der Waals surface area contributed by atoms with Crippen molar-refractivity contribution < 1.29 is 15.3 Å². The fraction of sp³-hybridized carbons (Fsp3) is 0.200. The van der Waals surface area contributed by atoms with Gasteiger partial charge >= 0.3 is 0 Å². The third-order valence-electron chi connectivity index (χ3n) is 4.25. The number of aliphatic hydroxyl groups excluding tert-OH is 3. The van der Waals surface area contributed by atoms with Gasteiger partial charge in [0.05, 0.1) is 19.3 Å². The molecule has 0 aromatic heterocycles. The van der Waals surface area contributed by atoms with Crippen LogP contribution in [0.15, 0.2) is 48.5 Å². The second kappa shape index (κ2) is 7.73. The van der Waals surface area contributed by atoms with Crippen LogP contribution >= 0.6 is 23.2 Å². The highest BCUT2D eigenvalue weighted by Gasteiger charge is 2.15. The number of benzene rings is 3. The van der Waals surface area contributed by atoms with Gasteiger partial charge in [-0.1, -0.05) is 53.5 Å². The van der Waals surface area contributed by atoms with E-state index in [0.717, 1.165) is 33.0 Å². The van der Waals surface area contributed by atoms with Gasteiger partial charge in [-0.05, 0) is 45.7 Å². The second-order valence-electron chi connectivity index (χ2n) is 5.95. The molecule has 3 rings (SSSR count). The molecule has 25 heavy (non-hydrogen) atoms. The Morgan fingerprint density at radius 2 is 1.60 bits per heavy atom. The molecule has 3 aromatic rings. The molecule has 1 unspecified atom stereocenters. The van der Waals surface area contributed by atoms with Crippen LogP contribution in [0.25, 0.3) is 21.9 Å². The van der Waals surface area contributed by atoms with E-state index < -0.39 is 6.10 Å². The Balaban J connectivity index is 2.28. The molecule has 0 bridgehead atoms. The van der Waals surface area contributed by atoms with E-state index in [0.29, 0.717) is 16.5 Å². The van der Waals surface area contributed by atoms with Gasteiger partial charge in [0.1, 0.15) is 0 Å². The largest absolute Gasteiger partial charge is 0.394 e. The van der Waals surface area contributed by atoms with Crippen molar-refractivity contribution in [3.63, 3.8) is 0 Å². The van der Waals surface area contributed by atoms with Gasteiger partial charge in [0.15, 0.2) is 0 Å². The first-order valence-corrected chi connectivity index (χ1v) is 8.69. The second-order valence-corrected chi connectivity index (χ2v) is 6.76. The third kappa shape index (κ3) is 3.66. The molecule has 3 N–H and O–H groups in total. The van der Waals surface area contributed by atoms with Crippen molar-refractivity contribution in [1.29, 1.82) is 0 Å². The molecule has 3 aromatic carbocycles. The SMILES string of the molecule is OCc1ccc2c(CC(O)CO)ccc(-c3c(Cl)cccc3Cl)c2c1. The highest BCUT2D eigenvalue weighted by Crippen LogP contribution is 2.39. The first-order valence-electron chi connectivity index (χ1n) is 7.93. The summed E-state index contributed by atoms with van der Waals surface area (Å²) in [5.74, 6) is 0. The van der Waals surface area contributed by atoms with Crippen molar-refractivity contribution in [2.75, 3.05) is 6.61 Å². The van der Waals surface area contributed by atoms with Gasteiger partial charge in [0.25, 0.3) is 0 Å². The molecule has 0 amide bonds. The van der Waals surface area contributed by atoms with Crippen LogP contribution in [0.5, 0.6) is 0 Å². The summed E-state index contributed by atoms with van der Waals surface area (Å²) in [6.45, 7) is -0.372. The summed E-state index contributed by atoms with van der Waals surface area (Å²) in [5, 5.41) is 31.4. The maximum atomic E-state index is 9.81. The molecule has 1 atom stereocenters. The van der Waals surface area contributed by atoms with Gasteiger partial charge in [-0.25, -0.2) is 0 Å². The molecule has 0 aliphatic carbocycles. The lowest BCUT2D eigenvalue weighted by Gasteiger charge is -2.16. The Kier molecular flexibility index (Phi) is 5.62. The van der Waals surface area contributed by atoms with Crippen LogP contribution in [-0.4, -0.2) is 28.0 Å². The van der Waals surface area contributed by atoms with E-state index >= 15 is 0 Å². The number of fused-ring (bicyclic) bond motifs is 1. The smallest absolute Gasteiger partial charge is 0.0811 e. The van der Waals surface area contributed by atoms with Crippen molar-refractivity contribution in [2.45, 2.75) is 19.1 Å². The van der Waals surface area contributed by atoms with E-state index in [1.54, 1.807) is 18.2 Å². The first-order chi connectivity index (χ1) is 12.0.